The predicted octanol–water partition coefficient (Wildman–Crippen LogP) is 1.09. The normalized spacial score (nSPS) is 27.5. The van der Waals surface area contributed by atoms with Crippen LogP contribution in [0, 0.1) is 5.41 Å². The summed E-state index contributed by atoms with van der Waals surface area (Å²) in [5.74, 6) is 0. The molecule has 3 heteroatoms. The molecule has 0 saturated heterocycles. The van der Waals surface area contributed by atoms with Gasteiger partial charge in [-0.2, -0.15) is 0 Å². The lowest BCUT2D eigenvalue weighted by Gasteiger charge is -2.20. The zero-order chi connectivity index (χ0) is 7.03. The van der Waals surface area contributed by atoms with Crippen LogP contribution in [0.15, 0.2) is 4.99 Å². The zero-order valence-electron chi connectivity index (χ0n) is 6.18. The molecule has 2 aliphatic rings. The molecule has 1 fully saturated rings. The molecule has 1 aliphatic heterocycles. The van der Waals surface area contributed by atoms with Crippen LogP contribution in [-0.2, 0) is 0 Å². The lowest BCUT2D eigenvalue weighted by Crippen LogP contribution is -2.34. The van der Waals surface area contributed by atoms with E-state index in [0.29, 0.717) is 5.41 Å². The number of nitrogens with one attached hydrogen (secondary N) is 1. The van der Waals surface area contributed by atoms with Crippen LogP contribution >= 0.6 is 11.8 Å². The topological polar surface area (TPSA) is 24.4 Å². The van der Waals surface area contributed by atoms with Crippen molar-refractivity contribution in [3.8, 4) is 0 Å². The molecule has 0 aromatic carbocycles. The van der Waals surface area contributed by atoms with E-state index in [1.807, 2.05) is 0 Å². The van der Waals surface area contributed by atoms with Crippen molar-refractivity contribution in [2.75, 3.05) is 19.3 Å². The van der Waals surface area contributed by atoms with Gasteiger partial charge in [0.2, 0.25) is 0 Å². The average Bonchev–Trinajstić information content (AvgIpc) is 2.72. The van der Waals surface area contributed by atoms with Gasteiger partial charge in [-0.05, 0) is 19.1 Å². The fourth-order valence-electron chi connectivity index (χ4n) is 1.26. The Hall–Kier alpha value is -0.180. The second kappa shape index (κ2) is 2.16. The van der Waals surface area contributed by atoms with E-state index >= 15 is 0 Å². The van der Waals surface area contributed by atoms with Crippen LogP contribution in [0.25, 0.3) is 0 Å². The van der Waals surface area contributed by atoms with Gasteiger partial charge in [0.1, 0.15) is 0 Å². The molecule has 0 aromatic rings. The minimum atomic E-state index is 0.596. The van der Waals surface area contributed by atoms with Gasteiger partial charge in [-0.25, -0.2) is 0 Å². The molecule has 0 bridgehead atoms. The van der Waals surface area contributed by atoms with Crippen LogP contribution in [0.2, 0.25) is 0 Å². The van der Waals surface area contributed by atoms with E-state index in [2.05, 4.69) is 16.6 Å². The van der Waals surface area contributed by atoms with Crippen LogP contribution in [0.3, 0.4) is 0 Å². The van der Waals surface area contributed by atoms with Crippen molar-refractivity contribution in [1.82, 2.24) is 5.32 Å². The summed E-state index contributed by atoms with van der Waals surface area (Å²) in [4.78, 5) is 4.43. The van der Waals surface area contributed by atoms with E-state index in [9.17, 15) is 0 Å². The maximum Gasteiger partial charge on any atom is 0.156 e. The number of thioether (sulfide) groups is 1. The fourth-order valence-corrected chi connectivity index (χ4v) is 1.67. The number of nitrogens with zero attached hydrogens (tertiary/aromatic N) is 1. The third-order valence-electron chi connectivity index (χ3n) is 2.32. The first kappa shape index (κ1) is 6.53. The SMILES string of the molecule is CSC1=NCC2(CC2)CN1. The van der Waals surface area contributed by atoms with Gasteiger partial charge in [0.25, 0.3) is 0 Å². The average molecular weight is 156 g/mol. The van der Waals surface area contributed by atoms with Crippen molar-refractivity contribution in [3.05, 3.63) is 0 Å². The molecular weight excluding hydrogens is 144 g/mol. The Kier molecular flexibility index (Phi) is 1.41. The molecule has 1 spiro atoms. The summed E-state index contributed by atoms with van der Waals surface area (Å²) in [7, 11) is 0. The maximum absolute atomic E-state index is 4.43. The van der Waals surface area contributed by atoms with E-state index in [1.54, 1.807) is 11.8 Å². The van der Waals surface area contributed by atoms with E-state index in [4.69, 9.17) is 0 Å². The highest BCUT2D eigenvalue weighted by Gasteiger charge is 2.43. The molecule has 1 saturated carbocycles. The molecule has 0 amide bonds. The summed E-state index contributed by atoms with van der Waals surface area (Å²) in [6, 6.07) is 0. The highest BCUT2D eigenvalue weighted by atomic mass is 32.2. The minimum absolute atomic E-state index is 0.596. The van der Waals surface area contributed by atoms with E-state index in [1.165, 1.54) is 12.8 Å². The number of amidine groups is 1. The Bertz CT molecular complexity index is 172. The molecule has 0 radical (unpaired) electrons. The van der Waals surface area contributed by atoms with Gasteiger partial charge in [0.05, 0.1) is 0 Å². The summed E-state index contributed by atoms with van der Waals surface area (Å²) in [6.45, 7) is 2.23. The molecule has 1 heterocycles. The van der Waals surface area contributed by atoms with Gasteiger partial charge >= 0.3 is 0 Å². The van der Waals surface area contributed by atoms with Gasteiger partial charge in [0, 0.05) is 18.5 Å². The molecule has 10 heavy (non-hydrogen) atoms. The Balaban J connectivity index is 2.00. The summed E-state index contributed by atoms with van der Waals surface area (Å²) in [5, 5.41) is 4.46. The van der Waals surface area contributed by atoms with E-state index < -0.39 is 0 Å². The van der Waals surface area contributed by atoms with Crippen molar-refractivity contribution >= 4 is 16.9 Å². The number of hydrogen-bond acceptors (Lipinski definition) is 3. The van der Waals surface area contributed by atoms with Crippen molar-refractivity contribution < 1.29 is 0 Å². The number of hydrogen-bond donors (Lipinski definition) is 1. The van der Waals surface area contributed by atoms with E-state index in [0.717, 1.165) is 18.3 Å². The Morgan fingerprint density at radius 2 is 2.40 bits per heavy atom. The summed E-state index contributed by atoms with van der Waals surface area (Å²) >= 11 is 1.71. The minimum Gasteiger partial charge on any atom is -0.364 e. The highest BCUT2D eigenvalue weighted by molar-refractivity contribution is 8.13. The third-order valence-corrected chi connectivity index (χ3v) is 2.98. The number of rotatable bonds is 0. The van der Waals surface area contributed by atoms with Crippen molar-refractivity contribution in [2.24, 2.45) is 10.4 Å². The maximum atomic E-state index is 4.43. The summed E-state index contributed by atoms with van der Waals surface area (Å²) in [5.41, 5.74) is 0.596. The zero-order valence-corrected chi connectivity index (χ0v) is 7.00. The molecule has 0 atom stereocenters. The third kappa shape index (κ3) is 1.03. The molecule has 56 valence electrons. The Morgan fingerprint density at radius 3 is 2.80 bits per heavy atom. The first-order valence-electron chi connectivity index (χ1n) is 3.67. The molecule has 1 aliphatic carbocycles. The summed E-state index contributed by atoms with van der Waals surface area (Å²) < 4.78 is 0. The fraction of sp³-hybridized carbons (Fsp3) is 0.857. The van der Waals surface area contributed by atoms with Crippen LogP contribution in [0.1, 0.15) is 12.8 Å². The second-order valence-electron chi connectivity index (χ2n) is 3.18. The Morgan fingerprint density at radius 1 is 1.60 bits per heavy atom. The predicted molar refractivity (Wildman–Crippen MR) is 45.5 cm³/mol. The molecule has 0 aromatic heterocycles. The Labute approximate surface area is 65.5 Å². The van der Waals surface area contributed by atoms with Crippen LogP contribution in [0.5, 0.6) is 0 Å². The molecule has 0 unspecified atom stereocenters. The molecule has 1 N–H and O–H groups in total. The highest BCUT2D eigenvalue weighted by Crippen LogP contribution is 2.46. The molecule has 2 nitrogen and oxygen atoms in total. The quantitative estimate of drug-likeness (QED) is 0.567. The van der Waals surface area contributed by atoms with Crippen molar-refractivity contribution in [1.29, 1.82) is 0 Å². The first-order chi connectivity index (χ1) is 4.85. The van der Waals surface area contributed by atoms with Gasteiger partial charge < -0.3 is 5.32 Å². The van der Waals surface area contributed by atoms with Crippen LogP contribution in [-0.4, -0.2) is 24.5 Å². The van der Waals surface area contributed by atoms with Gasteiger partial charge in [-0.15, -0.1) is 0 Å². The first-order valence-corrected chi connectivity index (χ1v) is 4.89. The lowest BCUT2D eigenvalue weighted by atomic mass is 10.1. The standard InChI is InChI=1S/C7H12N2S/c1-10-6-8-4-7(2-3-7)5-9-6/h2-5H2,1H3,(H,8,9). The van der Waals surface area contributed by atoms with Gasteiger partial charge in [0.15, 0.2) is 5.17 Å². The van der Waals surface area contributed by atoms with Gasteiger partial charge in [-0.1, -0.05) is 11.8 Å². The van der Waals surface area contributed by atoms with Crippen molar-refractivity contribution in [2.45, 2.75) is 12.8 Å². The van der Waals surface area contributed by atoms with Crippen LogP contribution < -0.4 is 5.32 Å². The van der Waals surface area contributed by atoms with Crippen molar-refractivity contribution in [3.63, 3.8) is 0 Å². The lowest BCUT2D eigenvalue weighted by molar-refractivity contribution is 0.495. The van der Waals surface area contributed by atoms with Crippen LogP contribution in [0.4, 0.5) is 0 Å². The summed E-state index contributed by atoms with van der Waals surface area (Å²) in [6.07, 6.45) is 4.83. The van der Waals surface area contributed by atoms with Gasteiger partial charge in [-0.3, -0.25) is 4.99 Å². The molecular formula is C7H12N2S. The van der Waals surface area contributed by atoms with E-state index in [-0.39, 0.29) is 0 Å². The number of aliphatic imine (C=N–C) groups is 1. The monoisotopic (exact) mass is 156 g/mol. The molecule has 2 rings (SSSR count). The second-order valence-corrected chi connectivity index (χ2v) is 3.97. The largest absolute Gasteiger partial charge is 0.364 e. The smallest absolute Gasteiger partial charge is 0.156 e.